The van der Waals surface area contributed by atoms with Crippen molar-refractivity contribution in [3.63, 3.8) is 0 Å². The fraction of sp³-hybridized carbons (Fsp3) is 0.417. The van der Waals surface area contributed by atoms with Crippen LogP contribution in [0.1, 0.15) is 30.1 Å². The lowest BCUT2D eigenvalue weighted by Crippen LogP contribution is -2.23. The third kappa shape index (κ3) is 1.95. The summed E-state index contributed by atoms with van der Waals surface area (Å²) >= 11 is 0. The summed E-state index contributed by atoms with van der Waals surface area (Å²) in [6.45, 7) is 0. The van der Waals surface area contributed by atoms with Crippen LogP contribution in [0, 0.1) is 5.41 Å². The average molecular weight is 262 g/mol. The second-order valence-corrected chi connectivity index (χ2v) is 4.41. The van der Waals surface area contributed by atoms with E-state index in [1.807, 2.05) is 0 Å². The van der Waals surface area contributed by atoms with Crippen LogP contribution in [0.15, 0.2) is 24.3 Å². The van der Waals surface area contributed by atoms with Crippen molar-refractivity contribution in [3.8, 4) is 0 Å². The fourth-order valence-electron chi connectivity index (χ4n) is 1.98. The molecule has 0 heterocycles. The van der Waals surface area contributed by atoms with E-state index in [1.165, 1.54) is 6.07 Å². The molecule has 0 amide bonds. The average Bonchev–Trinajstić information content (AvgIpc) is 3.08. The summed E-state index contributed by atoms with van der Waals surface area (Å²) in [6, 6.07) is 4.19. The zero-order valence-electron chi connectivity index (χ0n) is 9.17. The maximum absolute atomic E-state index is 14.1. The van der Waals surface area contributed by atoms with Gasteiger partial charge in [-0.2, -0.15) is 13.2 Å². The van der Waals surface area contributed by atoms with E-state index in [4.69, 9.17) is 5.11 Å². The number of carboxylic acids is 1. The van der Waals surface area contributed by atoms with Gasteiger partial charge >= 0.3 is 12.1 Å². The van der Waals surface area contributed by atoms with Gasteiger partial charge in [0, 0.05) is 0 Å². The van der Waals surface area contributed by atoms with Gasteiger partial charge in [0.2, 0.25) is 0 Å². The van der Waals surface area contributed by atoms with Crippen LogP contribution in [0.4, 0.5) is 17.6 Å². The van der Waals surface area contributed by atoms with Crippen molar-refractivity contribution >= 4 is 5.97 Å². The Morgan fingerprint density at radius 2 is 1.83 bits per heavy atom. The monoisotopic (exact) mass is 262 g/mol. The van der Waals surface area contributed by atoms with Crippen LogP contribution >= 0.6 is 0 Å². The Hall–Kier alpha value is -1.59. The molecule has 1 aliphatic rings. The lowest BCUT2D eigenvalue weighted by atomic mass is 9.91. The molecule has 0 aliphatic heterocycles. The minimum Gasteiger partial charge on any atom is -0.481 e. The van der Waals surface area contributed by atoms with Crippen LogP contribution < -0.4 is 0 Å². The number of alkyl halides is 4. The van der Waals surface area contributed by atoms with Crippen LogP contribution in [0.25, 0.3) is 0 Å². The number of aliphatic carboxylic acids is 1. The maximum Gasteiger partial charge on any atom is 0.416 e. The van der Waals surface area contributed by atoms with Crippen molar-refractivity contribution in [2.75, 3.05) is 0 Å². The molecule has 1 aromatic rings. The lowest BCUT2D eigenvalue weighted by molar-refractivity contribution is -0.148. The van der Waals surface area contributed by atoms with E-state index >= 15 is 0 Å². The number of carbonyl (C=O) groups is 1. The fourth-order valence-corrected chi connectivity index (χ4v) is 1.98. The van der Waals surface area contributed by atoms with Crippen molar-refractivity contribution in [2.45, 2.75) is 25.2 Å². The summed E-state index contributed by atoms with van der Waals surface area (Å²) in [4.78, 5) is 10.9. The third-order valence-corrected chi connectivity index (χ3v) is 3.24. The molecule has 1 saturated carbocycles. The zero-order valence-corrected chi connectivity index (χ0v) is 9.17. The van der Waals surface area contributed by atoms with Crippen molar-refractivity contribution in [2.24, 2.45) is 5.41 Å². The molecule has 18 heavy (non-hydrogen) atoms. The molecule has 0 aromatic heterocycles. The van der Waals surface area contributed by atoms with Crippen molar-refractivity contribution in [3.05, 3.63) is 35.4 Å². The predicted molar refractivity (Wildman–Crippen MR) is 54.6 cm³/mol. The predicted octanol–water partition coefficient (Wildman–Crippen LogP) is 3.58. The highest BCUT2D eigenvalue weighted by molar-refractivity contribution is 5.79. The molecule has 0 bridgehead atoms. The molecule has 0 radical (unpaired) electrons. The Morgan fingerprint density at radius 3 is 2.28 bits per heavy atom. The molecule has 1 N–H and O–H groups in total. The Labute approximate surface area is 100 Å². The van der Waals surface area contributed by atoms with E-state index in [2.05, 4.69) is 0 Å². The Balaban J connectivity index is 2.43. The second kappa shape index (κ2) is 3.96. The van der Waals surface area contributed by atoms with Crippen molar-refractivity contribution < 1.29 is 27.5 Å². The summed E-state index contributed by atoms with van der Waals surface area (Å²) in [5.74, 6) is -1.38. The second-order valence-electron chi connectivity index (χ2n) is 4.41. The van der Waals surface area contributed by atoms with Gasteiger partial charge in [0.05, 0.1) is 5.56 Å². The van der Waals surface area contributed by atoms with E-state index in [-0.39, 0.29) is 12.8 Å². The Kier molecular flexibility index (Phi) is 2.83. The quantitative estimate of drug-likeness (QED) is 0.845. The molecule has 1 aromatic carbocycles. The molecule has 1 unspecified atom stereocenters. The van der Waals surface area contributed by atoms with Crippen LogP contribution in [0.5, 0.6) is 0 Å². The van der Waals surface area contributed by atoms with Gasteiger partial charge in [-0.15, -0.1) is 0 Å². The topological polar surface area (TPSA) is 37.3 Å². The first kappa shape index (κ1) is 12.9. The Bertz CT molecular complexity index is 477. The highest BCUT2D eigenvalue weighted by Gasteiger charge is 2.58. The first-order valence-electron chi connectivity index (χ1n) is 5.32. The smallest absolute Gasteiger partial charge is 0.416 e. The lowest BCUT2D eigenvalue weighted by Gasteiger charge is -2.20. The molecule has 1 aliphatic carbocycles. The SMILES string of the molecule is O=C(O)C1(C(F)c2ccccc2C(F)(F)F)CC1. The van der Waals surface area contributed by atoms with Crippen LogP contribution in [-0.2, 0) is 11.0 Å². The highest BCUT2D eigenvalue weighted by Crippen LogP contribution is 2.58. The van der Waals surface area contributed by atoms with Gasteiger partial charge in [-0.3, -0.25) is 4.79 Å². The molecular weight excluding hydrogens is 252 g/mol. The highest BCUT2D eigenvalue weighted by atomic mass is 19.4. The van der Waals surface area contributed by atoms with Gasteiger partial charge < -0.3 is 5.11 Å². The van der Waals surface area contributed by atoms with Crippen LogP contribution in [0.3, 0.4) is 0 Å². The van der Waals surface area contributed by atoms with Gasteiger partial charge in [-0.25, -0.2) is 4.39 Å². The van der Waals surface area contributed by atoms with E-state index in [0.717, 1.165) is 18.2 Å². The van der Waals surface area contributed by atoms with Gasteiger partial charge in [0.1, 0.15) is 11.6 Å². The molecule has 2 rings (SSSR count). The normalized spacial score (nSPS) is 19.3. The summed E-state index contributed by atoms with van der Waals surface area (Å²) in [7, 11) is 0. The van der Waals surface area contributed by atoms with E-state index in [0.29, 0.717) is 0 Å². The molecule has 2 nitrogen and oxygen atoms in total. The standard InChI is InChI=1S/C12H10F4O2/c13-9(11(5-6-11)10(17)18)7-3-1-2-4-8(7)12(14,15)16/h1-4,9H,5-6H2,(H,17,18). The summed E-state index contributed by atoms with van der Waals surface area (Å²) in [5.41, 5.74) is -3.38. The number of halogens is 4. The molecule has 6 heteroatoms. The van der Waals surface area contributed by atoms with Crippen LogP contribution in [0.2, 0.25) is 0 Å². The van der Waals surface area contributed by atoms with Gasteiger partial charge in [-0.05, 0) is 24.5 Å². The minimum absolute atomic E-state index is 0.0652. The molecule has 1 atom stereocenters. The maximum atomic E-state index is 14.1. The molecular formula is C12H10F4O2. The molecule has 1 fully saturated rings. The number of benzene rings is 1. The summed E-state index contributed by atoms with van der Waals surface area (Å²) in [5, 5.41) is 8.91. The van der Waals surface area contributed by atoms with Gasteiger partial charge in [0.25, 0.3) is 0 Å². The number of carboxylic acid groups (broad SMARTS) is 1. The zero-order chi connectivity index (χ0) is 13.6. The van der Waals surface area contributed by atoms with Crippen LogP contribution in [-0.4, -0.2) is 11.1 Å². The minimum atomic E-state index is -4.69. The van der Waals surface area contributed by atoms with Crippen molar-refractivity contribution in [1.29, 1.82) is 0 Å². The summed E-state index contributed by atoms with van der Waals surface area (Å²) < 4.78 is 52.2. The molecule has 0 saturated heterocycles. The first-order chi connectivity index (χ1) is 8.29. The third-order valence-electron chi connectivity index (χ3n) is 3.24. The van der Waals surface area contributed by atoms with E-state index < -0.39 is 34.9 Å². The molecule has 98 valence electrons. The Morgan fingerprint density at radius 1 is 1.28 bits per heavy atom. The summed E-state index contributed by atoms with van der Waals surface area (Å²) in [6.07, 6.45) is -6.69. The van der Waals surface area contributed by atoms with E-state index in [9.17, 15) is 22.4 Å². The molecule has 0 spiro atoms. The first-order valence-corrected chi connectivity index (χ1v) is 5.32. The number of rotatable bonds is 3. The number of hydrogen-bond donors (Lipinski definition) is 1. The largest absolute Gasteiger partial charge is 0.481 e. The number of hydrogen-bond acceptors (Lipinski definition) is 1. The van der Waals surface area contributed by atoms with E-state index in [1.54, 1.807) is 0 Å². The van der Waals surface area contributed by atoms with Gasteiger partial charge in [0.15, 0.2) is 0 Å². The van der Waals surface area contributed by atoms with Crippen molar-refractivity contribution in [1.82, 2.24) is 0 Å². The van der Waals surface area contributed by atoms with Gasteiger partial charge in [-0.1, -0.05) is 18.2 Å².